The van der Waals surface area contributed by atoms with E-state index in [1.54, 1.807) is 25.7 Å². The first-order valence-electron chi connectivity index (χ1n) is 9.19. The zero-order valence-electron chi connectivity index (χ0n) is 16.3. The van der Waals surface area contributed by atoms with Crippen LogP contribution in [0.5, 0.6) is 5.88 Å². The van der Waals surface area contributed by atoms with E-state index in [-0.39, 0.29) is 30.5 Å². The Labute approximate surface area is 161 Å². The molecular formula is C19H25F3N2O4. The second-order valence-electron chi connectivity index (χ2n) is 8.49. The predicted molar refractivity (Wildman–Crippen MR) is 93.8 cm³/mol. The van der Waals surface area contributed by atoms with Crippen molar-refractivity contribution < 1.29 is 32.5 Å². The Morgan fingerprint density at radius 1 is 1.25 bits per heavy atom. The second kappa shape index (κ2) is 6.79. The van der Waals surface area contributed by atoms with Crippen molar-refractivity contribution in [2.75, 3.05) is 7.11 Å². The van der Waals surface area contributed by atoms with E-state index in [1.807, 2.05) is 0 Å². The van der Waals surface area contributed by atoms with Gasteiger partial charge in [0.2, 0.25) is 5.88 Å². The number of carbonyl (C=O) groups is 1. The summed E-state index contributed by atoms with van der Waals surface area (Å²) >= 11 is 0. The van der Waals surface area contributed by atoms with E-state index in [0.29, 0.717) is 12.8 Å². The molecule has 1 amide bonds. The largest absolute Gasteiger partial charge is 0.481 e. The lowest BCUT2D eigenvalue weighted by atomic mass is 9.81. The van der Waals surface area contributed by atoms with Crippen LogP contribution in [-0.2, 0) is 16.5 Å². The molecule has 156 valence electrons. The Bertz CT molecular complexity index is 747. The van der Waals surface area contributed by atoms with Crippen LogP contribution in [0.3, 0.4) is 0 Å². The number of nitrogens with zero attached hydrogens (tertiary/aromatic N) is 2. The summed E-state index contributed by atoms with van der Waals surface area (Å²) in [6.07, 6.45) is -2.28. The Morgan fingerprint density at radius 3 is 2.29 bits per heavy atom. The van der Waals surface area contributed by atoms with E-state index in [4.69, 9.17) is 9.47 Å². The Hall–Kier alpha value is -2.03. The Morgan fingerprint density at radius 2 is 1.82 bits per heavy atom. The molecule has 2 atom stereocenters. The van der Waals surface area contributed by atoms with Gasteiger partial charge in [0, 0.05) is 36.7 Å². The maximum Gasteiger partial charge on any atom is 0.421 e. The number of aromatic nitrogens is 1. The molecule has 2 bridgehead atoms. The number of amides is 1. The minimum absolute atomic E-state index is 0.0846. The Kier molecular flexibility index (Phi) is 5.02. The van der Waals surface area contributed by atoms with Crippen molar-refractivity contribution in [3.63, 3.8) is 0 Å². The number of carbonyl (C=O) groups excluding carboxylic acids is 1. The third-order valence-corrected chi connectivity index (χ3v) is 5.26. The highest BCUT2D eigenvalue weighted by atomic mass is 19.4. The molecule has 1 N–H and O–H groups in total. The first-order chi connectivity index (χ1) is 12.8. The molecule has 0 spiro atoms. The van der Waals surface area contributed by atoms with Gasteiger partial charge in [0.15, 0.2) is 0 Å². The molecule has 2 unspecified atom stereocenters. The number of methoxy groups -OCH3 is 1. The Balaban J connectivity index is 1.87. The summed E-state index contributed by atoms with van der Waals surface area (Å²) in [5.41, 5.74) is -3.08. The number of halogens is 3. The number of alkyl halides is 3. The highest BCUT2D eigenvalue weighted by molar-refractivity contribution is 5.69. The van der Waals surface area contributed by atoms with Gasteiger partial charge in [-0.1, -0.05) is 0 Å². The van der Waals surface area contributed by atoms with Crippen molar-refractivity contribution in [3.05, 3.63) is 23.4 Å². The second-order valence-corrected chi connectivity index (χ2v) is 8.49. The van der Waals surface area contributed by atoms with Crippen molar-refractivity contribution in [1.82, 2.24) is 9.88 Å². The van der Waals surface area contributed by atoms with Crippen molar-refractivity contribution in [2.24, 2.45) is 0 Å². The molecule has 3 rings (SSSR count). The molecular weight excluding hydrogens is 377 g/mol. The first kappa shape index (κ1) is 20.7. The van der Waals surface area contributed by atoms with E-state index >= 15 is 0 Å². The van der Waals surface area contributed by atoms with Crippen LogP contribution in [0.25, 0.3) is 0 Å². The van der Waals surface area contributed by atoms with Crippen molar-refractivity contribution in [1.29, 1.82) is 0 Å². The molecule has 2 fully saturated rings. The molecule has 0 aliphatic carbocycles. The zero-order valence-corrected chi connectivity index (χ0v) is 16.3. The molecule has 1 aromatic rings. The van der Waals surface area contributed by atoms with E-state index in [0.717, 1.165) is 13.2 Å². The molecule has 2 aliphatic heterocycles. The molecule has 0 aromatic carbocycles. The van der Waals surface area contributed by atoms with Crippen LogP contribution in [0.2, 0.25) is 0 Å². The van der Waals surface area contributed by atoms with Crippen molar-refractivity contribution in [2.45, 2.75) is 75.9 Å². The van der Waals surface area contributed by atoms with Gasteiger partial charge in [0.1, 0.15) is 11.2 Å². The number of piperidine rings is 1. The smallest absolute Gasteiger partial charge is 0.421 e. The van der Waals surface area contributed by atoms with Crippen LogP contribution < -0.4 is 4.74 Å². The van der Waals surface area contributed by atoms with E-state index < -0.39 is 34.9 Å². The average molecular weight is 402 g/mol. The van der Waals surface area contributed by atoms with Gasteiger partial charge in [-0.15, -0.1) is 0 Å². The minimum atomic E-state index is -4.65. The van der Waals surface area contributed by atoms with Gasteiger partial charge in [0.25, 0.3) is 0 Å². The van der Waals surface area contributed by atoms with Crippen molar-refractivity contribution in [3.8, 4) is 5.88 Å². The molecule has 1 aromatic heterocycles. The minimum Gasteiger partial charge on any atom is -0.481 e. The fourth-order valence-electron chi connectivity index (χ4n) is 4.15. The molecule has 0 radical (unpaired) electrons. The molecule has 28 heavy (non-hydrogen) atoms. The number of hydrogen-bond donors (Lipinski definition) is 1. The molecule has 2 aliphatic rings. The maximum absolute atomic E-state index is 13.3. The standard InChI is InChI=1S/C19H25F3N2O4/c1-17(2,3)28-16(25)24-12-5-6-13(24)9-18(26,8-12)11-7-14(19(20,21)22)15(27-4)23-10-11/h7,10,12-13,26H,5-6,8-9H2,1-4H3. The number of pyridine rings is 1. The van der Waals surface area contributed by atoms with Gasteiger partial charge in [-0.05, 0) is 39.7 Å². The topological polar surface area (TPSA) is 71.9 Å². The van der Waals surface area contributed by atoms with Gasteiger partial charge in [0.05, 0.1) is 12.7 Å². The third kappa shape index (κ3) is 3.90. The fraction of sp³-hybridized carbons (Fsp3) is 0.684. The average Bonchev–Trinajstić information content (AvgIpc) is 2.84. The highest BCUT2D eigenvalue weighted by Crippen LogP contribution is 2.47. The summed E-state index contributed by atoms with van der Waals surface area (Å²) in [4.78, 5) is 17.9. The third-order valence-electron chi connectivity index (χ3n) is 5.26. The summed E-state index contributed by atoms with van der Waals surface area (Å²) in [6, 6.07) is 0.305. The van der Waals surface area contributed by atoms with Crippen LogP contribution in [0.15, 0.2) is 12.3 Å². The summed E-state index contributed by atoms with van der Waals surface area (Å²) in [5.74, 6) is -0.533. The number of fused-ring (bicyclic) bond motifs is 2. The molecule has 0 saturated carbocycles. The SMILES string of the molecule is COc1ncc(C2(O)CC3CCC(C2)N3C(=O)OC(C)(C)C)cc1C(F)(F)F. The van der Waals surface area contributed by atoms with Gasteiger partial charge in [-0.2, -0.15) is 13.2 Å². The summed E-state index contributed by atoms with van der Waals surface area (Å²) < 4.78 is 50.2. The summed E-state index contributed by atoms with van der Waals surface area (Å²) in [6.45, 7) is 5.32. The summed E-state index contributed by atoms with van der Waals surface area (Å²) in [5, 5.41) is 11.2. The van der Waals surface area contributed by atoms with E-state index in [2.05, 4.69) is 4.98 Å². The molecule has 6 nitrogen and oxygen atoms in total. The van der Waals surface area contributed by atoms with E-state index in [1.165, 1.54) is 6.20 Å². The highest BCUT2D eigenvalue weighted by Gasteiger charge is 2.51. The molecule has 2 saturated heterocycles. The quantitative estimate of drug-likeness (QED) is 0.813. The number of aliphatic hydroxyl groups is 1. The maximum atomic E-state index is 13.3. The number of ether oxygens (including phenoxy) is 2. The van der Waals surface area contributed by atoms with E-state index in [9.17, 15) is 23.1 Å². The zero-order chi connectivity index (χ0) is 20.9. The van der Waals surface area contributed by atoms with Gasteiger partial charge in [-0.3, -0.25) is 0 Å². The van der Waals surface area contributed by atoms with Gasteiger partial charge >= 0.3 is 12.3 Å². The van der Waals surface area contributed by atoms with Crippen LogP contribution in [0.4, 0.5) is 18.0 Å². The fourth-order valence-corrected chi connectivity index (χ4v) is 4.15. The van der Waals surface area contributed by atoms with Crippen LogP contribution >= 0.6 is 0 Å². The van der Waals surface area contributed by atoms with Crippen LogP contribution in [-0.4, -0.2) is 45.9 Å². The van der Waals surface area contributed by atoms with Crippen molar-refractivity contribution >= 4 is 6.09 Å². The number of hydrogen-bond acceptors (Lipinski definition) is 5. The van der Waals surface area contributed by atoms with Crippen LogP contribution in [0.1, 0.15) is 57.6 Å². The molecule has 9 heteroatoms. The summed E-state index contributed by atoms with van der Waals surface area (Å²) in [7, 11) is 1.12. The lowest BCUT2D eigenvalue weighted by molar-refractivity contribution is -0.139. The normalized spacial score (nSPS) is 27.6. The van der Waals surface area contributed by atoms with Crippen LogP contribution in [0, 0.1) is 0 Å². The lowest BCUT2D eigenvalue weighted by Gasteiger charge is -2.44. The lowest BCUT2D eigenvalue weighted by Crippen LogP contribution is -2.53. The van der Waals surface area contributed by atoms with Gasteiger partial charge in [-0.25, -0.2) is 9.78 Å². The first-order valence-corrected chi connectivity index (χ1v) is 9.19. The predicted octanol–water partition coefficient (Wildman–Crippen LogP) is 3.86. The monoisotopic (exact) mass is 402 g/mol. The number of rotatable bonds is 2. The van der Waals surface area contributed by atoms with Gasteiger partial charge < -0.3 is 19.5 Å². The molecule has 3 heterocycles.